The van der Waals surface area contributed by atoms with Crippen LogP contribution in [0.15, 0.2) is 53.4 Å². The third kappa shape index (κ3) is 4.71. The monoisotopic (exact) mass is 400 g/mol. The van der Waals surface area contributed by atoms with Gasteiger partial charge in [0.05, 0.1) is 36.9 Å². The number of hydrogen-bond donors (Lipinski definition) is 0. The van der Waals surface area contributed by atoms with Crippen LogP contribution in [0.3, 0.4) is 0 Å². The Morgan fingerprint density at radius 2 is 1.82 bits per heavy atom. The van der Waals surface area contributed by atoms with Gasteiger partial charge in [-0.25, -0.2) is 8.42 Å². The van der Waals surface area contributed by atoms with Crippen molar-refractivity contribution in [2.45, 2.75) is 36.8 Å². The minimum absolute atomic E-state index is 0.181. The van der Waals surface area contributed by atoms with Crippen molar-refractivity contribution in [3.8, 4) is 11.8 Å². The molecule has 2 aromatic rings. The largest absolute Gasteiger partial charge is 0.497 e. The molecule has 0 N–H and O–H groups in total. The second kappa shape index (κ2) is 9.20. The lowest BCUT2D eigenvalue weighted by Crippen LogP contribution is -2.45. The molecule has 148 valence electrons. The Hall–Kier alpha value is -2.40. The topological polar surface area (TPSA) is 79.6 Å². The van der Waals surface area contributed by atoms with Crippen LogP contribution in [0.1, 0.15) is 30.4 Å². The van der Waals surface area contributed by atoms with Gasteiger partial charge in [0.25, 0.3) is 0 Å². The zero-order valence-corrected chi connectivity index (χ0v) is 16.7. The molecule has 0 saturated carbocycles. The normalized spacial score (nSPS) is 17.8. The first-order valence-corrected chi connectivity index (χ1v) is 10.7. The molecule has 1 heterocycles. The maximum Gasteiger partial charge on any atom is 0.243 e. The van der Waals surface area contributed by atoms with E-state index >= 15 is 0 Å². The van der Waals surface area contributed by atoms with E-state index in [1.807, 2.05) is 12.1 Å². The minimum Gasteiger partial charge on any atom is -0.497 e. The van der Waals surface area contributed by atoms with E-state index in [2.05, 4.69) is 6.07 Å². The predicted octanol–water partition coefficient (Wildman–Crippen LogP) is 3.33. The van der Waals surface area contributed by atoms with Crippen molar-refractivity contribution in [3.63, 3.8) is 0 Å². The summed E-state index contributed by atoms with van der Waals surface area (Å²) in [4.78, 5) is 0.271. The summed E-state index contributed by atoms with van der Waals surface area (Å²) >= 11 is 0. The summed E-state index contributed by atoms with van der Waals surface area (Å²) in [5, 5.41) is 8.85. The van der Waals surface area contributed by atoms with Gasteiger partial charge in [-0.3, -0.25) is 0 Å². The number of nitriles is 1. The van der Waals surface area contributed by atoms with Gasteiger partial charge in [-0.05, 0) is 54.8 Å². The molecule has 0 aromatic heterocycles. The third-order valence-electron chi connectivity index (χ3n) is 4.90. The molecule has 7 heteroatoms. The molecule has 28 heavy (non-hydrogen) atoms. The Kier molecular flexibility index (Phi) is 6.68. The van der Waals surface area contributed by atoms with E-state index in [0.29, 0.717) is 31.1 Å². The number of hydrogen-bond acceptors (Lipinski definition) is 5. The molecule has 1 atom stereocenters. The molecule has 1 saturated heterocycles. The first-order valence-electron chi connectivity index (χ1n) is 9.27. The molecular weight excluding hydrogens is 376 g/mol. The highest BCUT2D eigenvalue weighted by Crippen LogP contribution is 2.27. The van der Waals surface area contributed by atoms with Gasteiger partial charge in [0.2, 0.25) is 10.0 Å². The van der Waals surface area contributed by atoms with Crippen LogP contribution in [0.2, 0.25) is 0 Å². The van der Waals surface area contributed by atoms with Crippen LogP contribution in [0.4, 0.5) is 0 Å². The molecular formula is C21H24N2O4S. The first-order chi connectivity index (χ1) is 13.5. The van der Waals surface area contributed by atoms with Crippen LogP contribution in [-0.2, 0) is 21.4 Å². The Morgan fingerprint density at radius 1 is 1.11 bits per heavy atom. The maximum absolute atomic E-state index is 13.1. The van der Waals surface area contributed by atoms with Gasteiger partial charge in [-0.15, -0.1) is 0 Å². The second-order valence-corrected chi connectivity index (χ2v) is 8.66. The minimum atomic E-state index is -3.58. The molecule has 0 bridgehead atoms. The smallest absolute Gasteiger partial charge is 0.243 e. The van der Waals surface area contributed by atoms with E-state index in [4.69, 9.17) is 14.7 Å². The van der Waals surface area contributed by atoms with Crippen molar-refractivity contribution in [1.82, 2.24) is 4.31 Å². The lowest BCUT2D eigenvalue weighted by atomic mass is 10.1. The molecule has 1 fully saturated rings. The van der Waals surface area contributed by atoms with Crippen molar-refractivity contribution in [3.05, 3.63) is 59.7 Å². The first kappa shape index (κ1) is 20.3. The van der Waals surface area contributed by atoms with E-state index in [9.17, 15) is 8.42 Å². The lowest BCUT2D eigenvalue weighted by Gasteiger charge is -2.34. The molecule has 0 radical (unpaired) electrons. The second-order valence-electron chi connectivity index (χ2n) is 6.76. The summed E-state index contributed by atoms with van der Waals surface area (Å²) < 4.78 is 38.7. The highest BCUT2D eigenvalue weighted by atomic mass is 32.2. The summed E-state index contributed by atoms with van der Waals surface area (Å²) in [6.45, 7) is 1.23. The van der Waals surface area contributed by atoms with Crippen LogP contribution in [-0.4, -0.2) is 39.0 Å². The number of rotatable bonds is 7. The predicted molar refractivity (Wildman–Crippen MR) is 105 cm³/mol. The van der Waals surface area contributed by atoms with Gasteiger partial charge in [-0.1, -0.05) is 18.6 Å². The molecule has 1 aliphatic rings. The molecule has 0 aliphatic carbocycles. The zero-order chi connectivity index (χ0) is 20.0. The maximum atomic E-state index is 13.1. The van der Waals surface area contributed by atoms with Crippen LogP contribution < -0.4 is 4.74 Å². The fourth-order valence-electron chi connectivity index (χ4n) is 3.33. The Bertz CT molecular complexity index is 918. The number of nitrogens with zero attached hydrogens (tertiary/aromatic N) is 2. The van der Waals surface area contributed by atoms with Crippen LogP contribution in [0.25, 0.3) is 0 Å². The highest BCUT2D eigenvalue weighted by molar-refractivity contribution is 7.89. The summed E-state index contributed by atoms with van der Waals surface area (Å²) in [6.07, 6.45) is 2.61. The van der Waals surface area contributed by atoms with Crippen LogP contribution in [0, 0.1) is 11.3 Å². The molecule has 2 aromatic carbocycles. The number of sulfonamides is 1. The number of piperidine rings is 1. The zero-order valence-electron chi connectivity index (χ0n) is 15.9. The standard InChI is InChI=1S/C21H24N2O4S/c1-26-20-9-11-21(12-10-20)28(24,25)23-13-3-2-4-19(23)16-27-15-18-7-5-17(14-22)6-8-18/h5-12,19H,2-4,13,15-16H2,1H3. The molecule has 6 nitrogen and oxygen atoms in total. The van der Waals surface area contributed by atoms with E-state index in [1.54, 1.807) is 47.8 Å². The van der Waals surface area contributed by atoms with Crippen molar-refractivity contribution in [1.29, 1.82) is 5.26 Å². The van der Waals surface area contributed by atoms with Gasteiger partial charge in [0, 0.05) is 12.6 Å². The molecule has 0 spiro atoms. The van der Waals surface area contributed by atoms with Crippen molar-refractivity contribution >= 4 is 10.0 Å². The fraction of sp³-hybridized carbons (Fsp3) is 0.381. The summed E-state index contributed by atoms with van der Waals surface area (Å²) in [6, 6.07) is 15.6. The molecule has 0 amide bonds. The molecule has 3 rings (SSSR count). The van der Waals surface area contributed by atoms with Crippen molar-refractivity contribution in [2.75, 3.05) is 20.3 Å². The number of ether oxygens (including phenoxy) is 2. The van der Waals surface area contributed by atoms with Crippen molar-refractivity contribution < 1.29 is 17.9 Å². The lowest BCUT2D eigenvalue weighted by molar-refractivity contribution is 0.0645. The third-order valence-corrected chi connectivity index (χ3v) is 6.87. The summed E-state index contributed by atoms with van der Waals surface area (Å²) in [5.41, 5.74) is 1.56. The van der Waals surface area contributed by atoms with E-state index in [1.165, 1.54) is 0 Å². The average molecular weight is 401 g/mol. The molecule has 1 unspecified atom stereocenters. The Labute approximate surface area is 166 Å². The van der Waals surface area contributed by atoms with E-state index < -0.39 is 10.0 Å². The number of benzene rings is 2. The fourth-order valence-corrected chi connectivity index (χ4v) is 5.01. The molecule has 1 aliphatic heterocycles. The Morgan fingerprint density at radius 3 is 2.46 bits per heavy atom. The quantitative estimate of drug-likeness (QED) is 0.712. The summed E-state index contributed by atoms with van der Waals surface area (Å²) in [7, 11) is -2.03. The van der Waals surface area contributed by atoms with Crippen LogP contribution >= 0.6 is 0 Å². The van der Waals surface area contributed by atoms with Gasteiger partial charge >= 0.3 is 0 Å². The highest BCUT2D eigenvalue weighted by Gasteiger charge is 2.33. The van der Waals surface area contributed by atoms with Crippen molar-refractivity contribution in [2.24, 2.45) is 0 Å². The SMILES string of the molecule is COc1ccc(S(=O)(=O)N2CCCCC2COCc2ccc(C#N)cc2)cc1. The van der Waals surface area contributed by atoms with E-state index in [-0.39, 0.29) is 10.9 Å². The average Bonchev–Trinajstić information content (AvgIpc) is 2.74. The van der Waals surface area contributed by atoms with Crippen LogP contribution in [0.5, 0.6) is 5.75 Å². The number of methoxy groups -OCH3 is 1. The van der Waals surface area contributed by atoms with Gasteiger partial charge < -0.3 is 9.47 Å². The summed E-state index contributed by atoms with van der Waals surface area (Å²) in [5.74, 6) is 0.625. The van der Waals surface area contributed by atoms with Gasteiger partial charge in [0.1, 0.15) is 5.75 Å². The Balaban J connectivity index is 1.66. The van der Waals surface area contributed by atoms with Gasteiger partial charge in [0.15, 0.2) is 0 Å². The van der Waals surface area contributed by atoms with E-state index in [0.717, 1.165) is 24.8 Å². The van der Waals surface area contributed by atoms with Gasteiger partial charge in [-0.2, -0.15) is 9.57 Å².